The van der Waals surface area contributed by atoms with E-state index in [0.717, 1.165) is 66.5 Å². The van der Waals surface area contributed by atoms with Gasteiger partial charge in [0.2, 0.25) is 0 Å². The van der Waals surface area contributed by atoms with Gasteiger partial charge in [-0.3, -0.25) is 0 Å². The number of benzene rings is 7. The van der Waals surface area contributed by atoms with Crippen molar-refractivity contribution in [3.8, 4) is 33.6 Å². The zero-order valence-corrected chi connectivity index (χ0v) is 25.8. The molecule has 0 amide bonds. The lowest BCUT2D eigenvalue weighted by molar-refractivity contribution is 1.18. The predicted molar refractivity (Wildman–Crippen MR) is 199 cm³/mol. The zero-order chi connectivity index (χ0) is 32.2. The summed E-state index contributed by atoms with van der Waals surface area (Å²) in [5.74, 6) is 0. The molecule has 7 aromatic carbocycles. The molecular formula is C44H26N4. The fourth-order valence-electron chi connectivity index (χ4n) is 7.27. The first kappa shape index (κ1) is 27.4. The highest BCUT2D eigenvalue weighted by atomic mass is 15.0. The minimum Gasteiger partial charge on any atom is -0.309 e. The molecule has 0 unspecified atom stereocenters. The quantitative estimate of drug-likeness (QED) is 0.177. The van der Waals surface area contributed by atoms with E-state index in [1.807, 2.05) is 48.5 Å². The highest BCUT2D eigenvalue weighted by Crippen LogP contribution is 2.42. The van der Waals surface area contributed by atoms with Gasteiger partial charge < -0.3 is 9.13 Å². The Morgan fingerprint density at radius 2 is 0.958 bits per heavy atom. The lowest BCUT2D eigenvalue weighted by Crippen LogP contribution is -1.97. The fraction of sp³-hybridized carbons (Fsp3) is 0. The van der Waals surface area contributed by atoms with Crippen LogP contribution in [0.1, 0.15) is 0 Å². The van der Waals surface area contributed by atoms with Gasteiger partial charge in [-0.05, 0) is 82.2 Å². The maximum Gasteiger partial charge on any atom is 0.194 e. The third kappa shape index (κ3) is 4.14. The number of rotatable bonds is 4. The predicted octanol–water partition coefficient (Wildman–Crippen LogP) is 12.3. The summed E-state index contributed by atoms with van der Waals surface area (Å²) in [6.07, 6.45) is 0. The Bertz CT molecular complexity index is 2760. The molecule has 4 nitrogen and oxygen atoms in total. The molecule has 0 fully saturated rings. The standard InChI is InChI=1S/C44H26N4/c1-45-30-22-25-44-39(27-30)37-17-6-10-21-43(37)48(44)32-23-24-33(38(28-32)34-14-3-7-18-40(34)46-2)29-12-11-13-31(26-29)47-41-19-8-4-15-35(41)36-16-5-9-20-42(36)47/h3-28H. The molecule has 222 valence electrons. The highest BCUT2D eigenvalue weighted by Gasteiger charge is 2.18. The van der Waals surface area contributed by atoms with Crippen LogP contribution in [0.4, 0.5) is 11.4 Å². The van der Waals surface area contributed by atoms with E-state index in [1.165, 1.54) is 10.8 Å². The second kappa shape index (κ2) is 10.9. The Morgan fingerprint density at radius 3 is 1.62 bits per heavy atom. The van der Waals surface area contributed by atoms with E-state index in [4.69, 9.17) is 13.1 Å². The van der Waals surface area contributed by atoms with E-state index in [9.17, 15) is 0 Å². The van der Waals surface area contributed by atoms with Crippen molar-refractivity contribution in [1.29, 1.82) is 0 Å². The van der Waals surface area contributed by atoms with E-state index in [2.05, 4.69) is 128 Å². The van der Waals surface area contributed by atoms with Gasteiger partial charge in [-0.25, -0.2) is 9.69 Å². The molecule has 4 heteroatoms. The maximum absolute atomic E-state index is 8.03. The fourth-order valence-corrected chi connectivity index (χ4v) is 7.27. The summed E-state index contributed by atoms with van der Waals surface area (Å²) in [7, 11) is 0. The minimum absolute atomic E-state index is 0.610. The Kier molecular flexibility index (Phi) is 6.22. The van der Waals surface area contributed by atoms with Gasteiger partial charge in [-0.1, -0.05) is 103 Å². The van der Waals surface area contributed by atoms with E-state index in [-0.39, 0.29) is 0 Å². The lowest BCUT2D eigenvalue weighted by Gasteiger charge is -2.17. The van der Waals surface area contributed by atoms with Gasteiger partial charge in [0.1, 0.15) is 0 Å². The number of para-hydroxylation sites is 4. The molecule has 0 bridgehead atoms. The van der Waals surface area contributed by atoms with Crippen LogP contribution in [-0.4, -0.2) is 9.13 Å². The molecule has 2 aromatic heterocycles. The summed E-state index contributed by atoms with van der Waals surface area (Å²) in [6, 6.07) is 54.5. The van der Waals surface area contributed by atoms with Crippen molar-refractivity contribution in [3.63, 3.8) is 0 Å². The zero-order valence-electron chi connectivity index (χ0n) is 25.8. The number of hydrogen-bond acceptors (Lipinski definition) is 0. The Labute approximate surface area is 277 Å². The van der Waals surface area contributed by atoms with Gasteiger partial charge in [-0.2, -0.15) is 0 Å². The van der Waals surface area contributed by atoms with Crippen LogP contribution in [0.25, 0.3) is 86.9 Å². The third-order valence-corrected chi connectivity index (χ3v) is 9.36. The van der Waals surface area contributed by atoms with Gasteiger partial charge in [0.15, 0.2) is 11.4 Å². The molecule has 0 aliphatic rings. The van der Waals surface area contributed by atoms with Crippen molar-refractivity contribution in [3.05, 3.63) is 181 Å². The molecule has 0 atom stereocenters. The summed E-state index contributed by atoms with van der Waals surface area (Å²) >= 11 is 0. The number of aromatic nitrogens is 2. The lowest BCUT2D eigenvalue weighted by atomic mass is 9.92. The SMILES string of the molecule is [C-]#[N+]c1ccc2c(c1)c1ccccc1n2-c1ccc(-c2cccc(-n3c4ccccc4c4ccccc43)c2)c(-c2ccccc2[N+]#[C-])c1. The summed E-state index contributed by atoms with van der Waals surface area (Å²) in [4.78, 5) is 7.63. The van der Waals surface area contributed by atoms with Crippen molar-refractivity contribution < 1.29 is 0 Å². The van der Waals surface area contributed by atoms with Crippen molar-refractivity contribution in [2.45, 2.75) is 0 Å². The molecule has 0 aliphatic carbocycles. The van der Waals surface area contributed by atoms with Crippen LogP contribution in [0.15, 0.2) is 158 Å². The van der Waals surface area contributed by atoms with E-state index >= 15 is 0 Å². The molecule has 0 spiro atoms. The molecule has 48 heavy (non-hydrogen) atoms. The monoisotopic (exact) mass is 610 g/mol. The molecular weight excluding hydrogens is 585 g/mol. The van der Waals surface area contributed by atoms with Gasteiger partial charge in [0.25, 0.3) is 0 Å². The number of nitrogens with zero attached hydrogens (tertiary/aromatic N) is 4. The second-order valence-corrected chi connectivity index (χ2v) is 11.9. The average Bonchev–Trinajstić information content (AvgIpc) is 3.67. The van der Waals surface area contributed by atoms with Crippen molar-refractivity contribution in [2.24, 2.45) is 0 Å². The van der Waals surface area contributed by atoms with Gasteiger partial charge in [0, 0.05) is 27.5 Å². The Hall–Kier alpha value is -6.88. The summed E-state index contributed by atoms with van der Waals surface area (Å²) in [5.41, 5.74) is 11.7. The normalized spacial score (nSPS) is 11.3. The van der Waals surface area contributed by atoms with Crippen LogP contribution < -0.4 is 0 Å². The molecule has 0 aliphatic heterocycles. The summed E-state index contributed by atoms with van der Waals surface area (Å²) in [5, 5.41) is 4.60. The molecule has 0 N–H and O–H groups in total. The molecule has 0 saturated carbocycles. The van der Waals surface area contributed by atoms with Crippen molar-refractivity contribution in [2.75, 3.05) is 0 Å². The molecule has 0 saturated heterocycles. The van der Waals surface area contributed by atoms with Crippen LogP contribution in [0.3, 0.4) is 0 Å². The van der Waals surface area contributed by atoms with E-state index in [1.54, 1.807) is 0 Å². The van der Waals surface area contributed by atoms with E-state index < -0.39 is 0 Å². The van der Waals surface area contributed by atoms with Gasteiger partial charge in [-0.15, -0.1) is 0 Å². The Balaban J connectivity index is 1.30. The highest BCUT2D eigenvalue weighted by molar-refractivity contribution is 6.11. The van der Waals surface area contributed by atoms with Crippen LogP contribution in [0.2, 0.25) is 0 Å². The van der Waals surface area contributed by atoms with Crippen molar-refractivity contribution in [1.82, 2.24) is 9.13 Å². The second-order valence-electron chi connectivity index (χ2n) is 11.9. The minimum atomic E-state index is 0.610. The molecule has 9 rings (SSSR count). The van der Waals surface area contributed by atoms with Crippen LogP contribution in [0.5, 0.6) is 0 Å². The topological polar surface area (TPSA) is 18.6 Å². The molecule has 2 heterocycles. The smallest absolute Gasteiger partial charge is 0.194 e. The first-order valence-corrected chi connectivity index (χ1v) is 15.8. The Morgan fingerprint density at radius 1 is 0.375 bits per heavy atom. The number of fused-ring (bicyclic) bond motifs is 6. The number of hydrogen-bond donors (Lipinski definition) is 0. The van der Waals surface area contributed by atoms with Crippen LogP contribution in [0, 0.1) is 13.1 Å². The van der Waals surface area contributed by atoms with Crippen LogP contribution in [-0.2, 0) is 0 Å². The first-order chi connectivity index (χ1) is 23.7. The first-order valence-electron chi connectivity index (χ1n) is 15.8. The van der Waals surface area contributed by atoms with Gasteiger partial charge >= 0.3 is 0 Å². The van der Waals surface area contributed by atoms with E-state index in [0.29, 0.717) is 11.4 Å². The van der Waals surface area contributed by atoms with Gasteiger partial charge in [0.05, 0.1) is 35.2 Å². The largest absolute Gasteiger partial charge is 0.309 e. The third-order valence-electron chi connectivity index (χ3n) is 9.36. The van der Waals surface area contributed by atoms with Crippen molar-refractivity contribution >= 4 is 55.0 Å². The van der Waals surface area contributed by atoms with Crippen LogP contribution >= 0.6 is 0 Å². The molecule has 0 radical (unpaired) electrons. The average molecular weight is 611 g/mol. The maximum atomic E-state index is 8.03. The summed E-state index contributed by atoms with van der Waals surface area (Å²) in [6.45, 7) is 15.6. The summed E-state index contributed by atoms with van der Waals surface area (Å²) < 4.78 is 4.60. The molecule has 9 aromatic rings.